The highest BCUT2D eigenvalue weighted by Crippen LogP contribution is 2.41. The van der Waals surface area contributed by atoms with Gasteiger partial charge >= 0.3 is 6.18 Å². The van der Waals surface area contributed by atoms with Crippen molar-refractivity contribution in [3.63, 3.8) is 0 Å². The van der Waals surface area contributed by atoms with Crippen LogP contribution in [0.5, 0.6) is 11.5 Å². The molecular formula is C15H11ClF3O3. The lowest BCUT2D eigenvalue weighted by atomic mass is 10.0. The van der Waals surface area contributed by atoms with Crippen LogP contribution in [-0.2, 0) is 10.9 Å². The lowest BCUT2D eigenvalue weighted by molar-refractivity contribution is -0.138. The van der Waals surface area contributed by atoms with Crippen LogP contribution in [0.2, 0.25) is 5.02 Å². The Balaban J connectivity index is 2.57. The Hall–Kier alpha value is -1.92. The molecule has 117 valence electrons. The molecule has 0 amide bonds. The summed E-state index contributed by atoms with van der Waals surface area (Å²) >= 11 is 5.82. The number of para-hydroxylation sites is 1. The van der Waals surface area contributed by atoms with Crippen molar-refractivity contribution in [3.05, 3.63) is 47.0 Å². The molecule has 0 saturated heterocycles. The summed E-state index contributed by atoms with van der Waals surface area (Å²) in [6.07, 6.45) is -4.56. The van der Waals surface area contributed by atoms with Crippen LogP contribution in [0.25, 0.3) is 11.1 Å². The number of hydrogen-bond acceptors (Lipinski definition) is 3. The Kier molecular flexibility index (Phi) is 4.83. The molecule has 0 saturated carbocycles. The van der Waals surface area contributed by atoms with E-state index in [4.69, 9.17) is 21.1 Å². The highest BCUT2D eigenvalue weighted by molar-refractivity contribution is 6.32. The summed E-state index contributed by atoms with van der Waals surface area (Å²) in [5.41, 5.74) is -0.516. The molecule has 2 rings (SSSR count). The minimum Gasteiger partial charge on any atom is -0.506 e. The number of halogens is 4. The maximum Gasteiger partial charge on any atom is 0.417 e. The number of aromatic hydroxyl groups is 1. The molecule has 0 fully saturated rings. The van der Waals surface area contributed by atoms with E-state index in [0.29, 0.717) is 0 Å². The van der Waals surface area contributed by atoms with Crippen LogP contribution < -0.4 is 4.74 Å². The second kappa shape index (κ2) is 6.46. The zero-order chi connectivity index (χ0) is 16.3. The van der Waals surface area contributed by atoms with Gasteiger partial charge in [-0.05, 0) is 18.2 Å². The van der Waals surface area contributed by atoms with Crippen molar-refractivity contribution in [3.8, 4) is 22.6 Å². The molecule has 0 bridgehead atoms. The molecule has 2 aromatic rings. The minimum atomic E-state index is -4.56. The van der Waals surface area contributed by atoms with Gasteiger partial charge in [0.05, 0.1) is 10.6 Å². The second-order valence-electron chi connectivity index (χ2n) is 4.30. The van der Waals surface area contributed by atoms with Gasteiger partial charge < -0.3 is 14.6 Å². The van der Waals surface area contributed by atoms with Gasteiger partial charge in [-0.15, -0.1) is 0 Å². The molecule has 0 aliphatic carbocycles. The number of methoxy groups -OCH3 is 1. The quantitative estimate of drug-likeness (QED) is 0.837. The predicted molar refractivity (Wildman–Crippen MR) is 74.9 cm³/mol. The molecule has 0 atom stereocenters. The van der Waals surface area contributed by atoms with Gasteiger partial charge in [0.2, 0.25) is 0 Å². The van der Waals surface area contributed by atoms with Gasteiger partial charge in [0.1, 0.15) is 11.5 Å². The average Bonchev–Trinajstić information content (AvgIpc) is 2.47. The Morgan fingerprint density at radius 1 is 1.18 bits per heavy atom. The first-order valence-electron chi connectivity index (χ1n) is 6.07. The summed E-state index contributed by atoms with van der Waals surface area (Å²) in [5, 5.41) is 10.1. The molecule has 0 unspecified atom stereocenters. The van der Waals surface area contributed by atoms with Crippen LogP contribution in [0.15, 0.2) is 30.3 Å². The van der Waals surface area contributed by atoms with E-state index in [-0.39, 0.29) is 34.4 Å². The van der Waals surface area contributed by atoms with E-state index in [0.717, 1.165) is 6.07 Å². The van der Waals surface area contributed by atoms with Crippen molar-refractivity contribution in [2.75, 3.05) is 13.9 Å². The molecule has 3 nitrogen and oxygen atoms in total. The van der Waals surface area contributed by atoms with Crippen LogP contribution >= 0.6 is 11.6 Å². The van der Waals surface area contributed by atoms with Gasteiger partial charge in [0, 0.05) is 24.3 Å². The number of benzene rings is 2. The van der Waals surface area contributed by atoms with Gasteiger partial charge in [0.25, 0.3) is 0 Å². The third kappa shape index (κ3) is 3.45. The fourth-order valence-electron chi connectivity index (χ4n) is 1.82. The van der Waals surface area contributed by atoms with Crippen molar-refractivity contribution in [2.24, 2.45) is 0 Å². The smallest absolute Gasteiger partial charge is 0.417 e. The molecule has 0 heterocycles. The molecule has 2 aromatic carbocycles. The largest absolute Gasteiger partial charge is 0.506 e. The zero-order valence-corrected chi connectivity index (χ0v) is 12.1. The van der Waals surface area contributed by atoms with Crippen LogP contribution in [-0.4, -0.2) is 19.0 Å². The molecule has 0 spiro atoms. The second-order valence-corrected chi connectivity index (χ2v) is 4.71. The number of rotatable bonds is 4. The summed E-state index contributed by atoms with van der Waals surface area (Å²) in [5.74, 6) is -0.436. The van der Waals surface area contributed by atoms with E-state index >= 15 is 0 Å². The number of alkyl halides is 3. The number of phenolic OH excluding ortho intramolecular Hbond substituents is 1. The van der Waals surface area contributed by atoms with E-state index in [1.54, 1.807) is 6.07 Å². The van der Waals surface area contributed by atoms with Crippen LogP contribution in [0.3, 0.4) is 0 Å². The average molecular weight is 332 g/mol. The standard InChI is InChI=1S/C15H11ClF3O3/c1-21-8-22-13-7-9(15(17,18)19)5-6-10(13)11-3-2-4-12(16)14(11)20/h2-6,20H,8H2,1H3. The summed E-state index contributed by atoms with van der Waals surface area (Å²) < 4.78 is 48.2. The van der Waals surface area contributed by atoms with Gasteiger partial charge in [-0.25, -0.2) is 0 Å². The topological polar surface area (TPSA) is 38.7 Å². The van der Waals surface area contributed by atoms with Gasteiger partial charge in [-0.3, -0.25) is 0 Å². The first kappa shape index (κ1) is 16.5. The molecular weight excluding hydrogens is 321 g/mol. The summed E-state index contributed by atoms with van der Waals surface area (Å²) in [6.45, 7) is -0.258. The SMILES string of the molecule is COCOc1[c]c(C(F)(F)F)ccc1-c1cccc(Cl)c1O. The molecule has 1 N–H and O–H groups in total. The molecule has 0 aromatic heterocycles. The van der Waals surface area contributed by atoms with Crippen LogP contribution in [0.1, 0.15) is 5.56 Å². The van der Waals surface area contributed by atoms with Gasteiger partial charge in [0.15, 0.2) is 6.79 Å². The normalized spacial score (nSPS) is 11.5. The lowest BCUT2D eigenvalue weighted by Crippen LogP contribution is -2.07. The molecule has 1 radical (unpaired) electrons. The van der Waals surface area contributed by atoms with E-state index < -0.39 is 11.7 Å². The molecule has 0 aliphatic rings. The van der Waals surface area contributed by atoms with E-state index in [9.17, 15) is 18.3 Å². The highest BCUT2D eigenvalue weighted by Gasteiger charge is 2.32. The fourth-order valence-corrected chi connectivity index (χ4v) is 1.99. The van der Waals surface area contributed by atoms with Crippen molar-refractivity contribution in [1.82, 2.24) is 0 Å². The van der Waals surface area contributed by atoms with Gasteiger partial charge in [-0.1, -0.05) is 23.7 Å². The summed E-state index contributed by atoms with van der Waals surface area (Å²) in [6, 6.07) is 8.74. The van der Waals surface area contributed by atoms with Crippen molar-refractivity contribution < 1.29 is 27.8 Å². The van der Waals surface area contributed by atoms with Crippen LogP contribution in [0.4, 0.5) is 13.2 Å². The monoisotopic (exact) mass is 331 g/mol. The van der Waals surface area contributed by atoms with E-state index in [1.165, 1.54) is 25.3 Å². The fraction of sp³-hybridized carbons (Fsp3) is 0.200. The third-order valence-electron chi connectivity index (χ3n) is 2.81. The third-order valence-corrected chi connectivity index (χ3v) is 3.12. The predicted octanol–water partition coefficient (Wildman–Crippen LogP) is 4.51. The summed E-state index contributed by atoms with van der Waals surface area (Å²) in [4.78, 5) is 0. The number of ether oxygens (including phenoxy) is 2. The minimum absolute atomic E-state index is 0.0788. The van der Waals surface area contributed by atoms with Crippen molar-refractivity contribution in [2.45, 2.75) is 6.18 Å². The number of hydrogen-bond donors (Lipinski definition) is 1. The van der Waals surface area contributed by atoms with Crippen LogP contribution in [0, 0.1) is 6.07 Å². The Morgan fingerprint density at radius 3 is 2.55 bits per heavy atom. The first-order valence-corrected chi connectivity index (χ1v) is 6.45. The number of phenols is 1. The first-order chi connectivity index (χ1) is 10.3. The zero-order valence-electron chi connectivity index (χ0n) is 11.4. The van der Waals surface area contributed by atoms with Crippen molar-refractivity contribution >= 4 is 11.6 Å². The maximum atomic E-state index is 12.8. The molecule has 22 heavy (non-hydrogen) atoms. The maximum absolute atomic E-state index is 12.8. The Bertz CT molecular complexity index is 672. The molecule has 7 heteroatoms. The summed E-state index contributed by atoms with van der Waals surface area (Å²) in [7, 11) is 1.34. The Labute approximate surface area is 129 Å². The van der Waals surface area contributed by atoms with E-state index in [2.05, 4.69) is 6.07 Å². The lowest BCUT2D eigenvalue weighted by Gasteiger charge is -2.15. The Morgan fingerprint density at radius 2 is 1.91 bits per heavy atom. The highest BCUT2D eigenvalue weighted by atomic mass is 35.5. The van der Waals surface area contributed by atoms with Gasteiger partial charge in [-0.2, -0.15) is 13.2 Å². The van der Waals surface area contributed by atoms with Crippen molar-refractivity contribution in [1.29, 1.82) is 0 Å². The van der Waals surface area contributed by atoms with E-state index in [1.807, 2.05) is 0 Å². The molecule has 0 aliphatic heterocycles.